The summed E-state index contributed by atoms with van der Waals surface area (Å²) in [6.07, 6.45) is 96.7. The molecule has 0 rings (SSSR count). The molecule has 0 saturated carbocycles. The molecule has 0 aromatic heterocycles. The third kappa shape index (κ3) is 66.2. The lowest BCUT2D eigenvalue weighted by Gasteiger charge is -2.18. The minimum atomic E-state index is -0.796. The highest BCUT2D eigenvalue weighted by Gasteiger charge is 2.19. The topological polar surface area (TPSA) is 78.9 Å². The normalized spacial score (nSPS) is 13.0. The molecule has 6 heteroatoms. The van der Waals surface area contributed by atoms with E-state index < -0.39 is 6.10 Å². The van der Waals surface area contributed by atoms with Crippen LogP contribution in [0.4, 0.5) is 0 Å². The largest absolute Gasteiger partial charge is 0.462 e. The zero-order valence-corrected chi connectivity index (χ0v) is 52.8. The summed E-state index contributed by atoms with van der Waals surface area (Å²) in [6, 6.07) is 0. The molecule has 0 spiro atoms. The number of carbonyl (C=O) groups is 3. The Morgan fingerprint density at radius 2 is 0.481 bits per heavy atom. The van der Waals surface area contributed by atoms with Gasteiger partial charge in [0.2, 0.25) is 0 Å². The van der Waals surface area contributed by atoms with Gasteiger partial charge in [-0.2, -0.15) is 0 Å². The van der Waals surface area contributed by atoms with Gasteiger partial charge in [-0.05, 0) is 122 Å². The van der Waals surface area contributed by atoms with Crippen molar-refractivity contribution < 1.29 is 28.6 Å². The quantitative estimate of drug-likeness (QED) is 0.0261. The molecule has 0 N–H and O–H groups in total. The third-order valence-corrected chi connectivity index (χ3v) is 14.1. The van der Waals surface area contributed by atoms with Crippen molar-refractivity contribution in [2.24, 2.45) is 0 Å². The fourth-order valence-corrected chi connectivity index (χ4v) is 9.11. The van der Waals surface area contributed by atoms with Gasteiger partial charge in [-0.3, -0.25) is 14.4 Å². The molecule has 0 amide bonds. The molecule has 81 heavy (non-hydrogen) atoms. The van der Waals surface area contributed by atoms with E-state index in [9.17, 15) is 14.4 Å². The molecular formula is C75H124O6. The molecule has 0 saturated heterocycles. The van der Waals surface area contributed by atoms with Gasteiger partial charge >= 0.3 is 17.9 Å². The summed E-state index contributed by atoms with van der Waals surface area (Å²) in [5.41, 5.74) is 0. The summed E-state index contributed by atoms with van der Waals surface area (Å²) in [5.74, 6) is -0.951. The maximum atomic E-state index is 12.8. The molecule has 6 nitrogen and oxygen atoms in total. The summed E-state index contributed by atoms with van der Waals surface area (Å²) < 4.78 is 16.7. The van der Waals surface area contributed by atoms with E-state index in [2.05, 4.69) is 154 Å². The molecule has 0 radical (unpaired) electrons. The molecule has 0 aliphatic heterocycles. The maximum Gasteiger partial charge on any atom is 0.306 e. The maximum absolute atomic E-state index is 12.8. The molecule has 1 unspecified atom stereocenters. The Labute approximate surface area is 500 Å². The number of ether oxygens (including phenoxy) is 3. The first-order chi connectivity index (χ1) is 40.0. The Hall–Kier alpha value is -4.45. The number of carbonyl (C=O) groups excluding carboxylic acids is 3. The van der Waals surface area contributed by atoms with Crippen molar-refractivity contribution in [2.45, 2.75) is 309 Å². The molecular weight excluding hydrogens is 997 g/mol. The van der Waals surface area contributed by atoms with Gasteiger partial charge in [0.05, 0.1) is 0 Å². The second-order valence-electron chi connectivity index (χ2n) is 22.0. The summed E-state index contributed by atoms with van der Waals surface area (Å²) in [4.78, 5) is 38.0. The standard InChI is InChI=1S/C75H124O6/c1-4-7-10-13-15-17-19-21-23-25-27-29-31-33-34-35-36-37-38-39-40-42-43-45-47-49-51-53-55-57-59-62-65-68-74(77)80-71-72(70-79-73(76)67-64-61-12-9-6-3)81-75(78)69-66-63-60-58-56-54-52-50-48-46-44-41-32-30-28-26-24-22-20-18-16-14-11-8-5-2/h7,10,15,17,21,23,26-29,33-34,36-37,39-40,43,45,49,51,55,57,72H,4-6,8-9,11-14,16,18-20,22,24-25,30-32,35,38,41-42,44,46-48,50,52-54,56,58-71H2,1-3H3/b10-7-,17-15-,23-21-,28-26-,29-27-,34-33-,37-36-,40-39-,45-43-,51-49-,57-55-. The Bertz CT molecular complexity index is 1720. The number of allylic oxidation sites excluding steroid dienone is 22. The van der Waals surface area contributed by atoms with E-state index >= 15 is 0 Å². The fraction of sp³-hybridized carbons (Fsp3) is 0.667. The lowest BCUT2D eigenvalue weighted by Crippen LogP contribution is -2.30. The predicted molar refractivity (Wildman–Crippen MR) is 353 cm³/mol. The van der Waals surface area contributed by atoms with Gasteiger partial charge in [0, 0.05) is 19.3 Å². The van der Waals surface area contributed by atoms with E-state index in [4.69, 9.17) is 14.2 Å². The Balaban J connectivity index is 4.14. The first-order valence-electron chi connectivity index (χ1n) is 33.7. The number of hydrogen-bond acceptors (Lipinski definition) is 6. The first kappa shape index (κ1) is 76.5. The predicted octanol–water partition coefficient (Wildman–Crippen LogP) is 23.3. The van der Waals surface area contributed by atoms with Crippen LogP contribution in [-0.2, 0) is 28.6 Å². The van der Waals surface area contributed by atoms with Crippen LogP contribution in [0, 0.1) is 0 Å². The molecule has 1 atom stereocenters. The molecule has 0 fully saturated rings. The van der Waals surface area contributed by atoms with Gasteiger partial charge in [0.25, 0.3) is 0 Å². The second kappa shape index (κ2) is 68.1. The first-order valence-corrected chi connectivity index (χ1v) is 33.7. The fourth-order valence-electron chi connectivity index (χ4n) is 9.11. The summed E-state index contributed by atoms with van der Waals surface area (Å²) in [6.45, 7) is 6.42. The highest BCUT2D eigenvalue weighted by Crippen LogP contribution is 2.16. The van der Waals surface area contributed by atoms with Crippen molar-refractivity contribution in [3.8, 4) is 0 Å². The summed E-state index contributed by atoms with van der Waals surface area (Å²) in [5, 5.41) is 0. The Morgan fingerprint density at radius 3 is 0.790 bits per heavy atom. The Kier molecular flexibility index (Phi) is 64.3. The van der Waals surface area contributed by atoms with Crippen LogP contribution in [-0.4, -0.2) is 37.2 Å². The SMILES string of the molecule is CC/C=C\C/C=C\C/C=C\C/C=C\C/C=C\C/C=C\C/C=C\C/C=C\C/C=C\C/C=C\CCCCC(=O)OCC(COC(=O)CCCCCCC)OC(=O)CCCCCCCCCCCCCCC/C=C\CCCCCCCCCC. The number of esters is 3. The lowest BCUT2D eigenvalue weighted by atomic mass is 10.0. The van der Waals surface area contributed by atoms with Crippen molar-refractivity contribution in [3.63, 3.8) is 0 Å². The van der Waals surface area contributed by atoms with Crippen molar-refractivity contribution >= 4 is 17.9 Å². The molecule has 460 valence electrons. The van der Waals surface area contributed by atoms with E-state index in [1.807, 2.05) is 0 Å². The zero-order chi connectivity index (χ0) is 58.5. The lowest BCUT2D eigenvalue weighted by molar-refractivity contribution is -0.167. The average molecular weight is 1120 g/mol. The van der Waals surface area contributed by atoms with Gasteiger partial charge in [-0.25, -0.2) is 0 Å². The van der Waals surface area contributed by atoms with E-state index in [0.717, 1.165) is 135 Å². The van der Waals surface area contributed by atoms with Gasteiger partial charge in [0.1, 0.15) is 13.2 Å². The van der Waals surface area contributed by atoms with Gasteiger partial charge in [-0.1, -0.05) is 296 Å². The Morgan fingerprint density at radius 1 is 0.259 bits per heavy atom. The highest BCUT2D eigenvalue weighted by atomic mass is 16.6. The molecule has 0 aliphatic rings. The van der Waals surface area contributed by atoms with Crippen molar-refractivity contribution in [1.82, 2.24) is 0 Å². The molecule has 0 aliphatic carbocycles. The van der Waals surface area contributed by atoms with Crippen LogP contribution in [0.2, 0.25) is 0 Å². The smallest absolute Gasteiger partial charge is 0.306 e. The van der Waals surface area contributed by atoms with E-state index in [0.29, 0.717) is 19.3 Å². The van der Waals surface area contributed by atoms with Crippen LogP contribution in [0.3, 0.4) is 0 Å². The molecule has 0 heterocycles. The summed E-state index contributed by atoms with van der Waals surface area (Å²) in [7, 11) is 0. The highest BCUT2D eigenvalue weighted by molar-refractivity contribution is 5.71. The minimum absolute atomic E-state index is 0.0942. The van der Waals surface area contributed by atoms with E-state index in [1.165, 1.54) is 128 Å². The van der Waals surface area contributed by atoms with Crippen molar-refractivity contribution in [1.29, 1.82) is 0 Å². The average Bonchev–Trinajstić information content (AvgIpc) is 3.47. The van der Waals surface area contributed by atoms with Crippen LogP contribution in [0.1, 0.15) is 303 Å². The van der Waals surface area contributed by atoms with Crippen LogP contribution >= 0.6 is 0 Å². The van der Waals surface area contributed by atoms with E-state index in [1.54, 1.807) is 0 Å². The van der Waals surface area contributed by atoms with Gasteiger partial charge in [0.15, 0.2) is 6.10 Å². The molecule has 0 aromatic carbocycles. The monoisotopic (exact) mass is 1120 g/mol. The summed E-state index contributed by atoms with van der Waals surface area (Å²) >= 11 is 0. The van der Waals surface area contributed by atoms with Crippen LogP contribution < -0.4 is 0 Å². The molecule has 0 aromatic rings. The molecule has 0 bridgehead atoms. The van der Waals surface area contributed by atoms with Gasteiger partial charge in [-0.15, -0.1) is 0 Å². The number of hydrogen-bond donors (Lipinski definition) is 0. The van der Waals surface area contributed by atoms with Crippen LogP contribution in [0.25, 0.3) is 0 Å². The van der Waals surface area contributed by atoms with Crippen LogP contribution in [0.15, 0.2) is 134 Å². The van der Waals surface area contributed by atoms with Gasteiger partial charge < -0.3 is 14.2 Å². The third-order valence-electron chi connectivity index (χ3n) is 14.1. The number of rotatable bonds is 60. The second-order valence-corrected chi connectivity index (χ2v) is 22.0. The number of unbranched alkanes of at least 4 members (excludes halogenated alkanes) is 27. The van der Waals surface area contributed by atoms with Crippen molar-refractivity contribution in [2.75, 3.05) is 13.2 Å². The minimum Gasteiger partial charge on any atom is -0.462 e. The van der Waals surface area contributed by atoms with E-state index in [-0.39, 0.29) is 31.1 Å². The van der Waals surface area contributed by atoms with Crippen LogP contribution in [0.5, 0.6) is 0 Å². The zero-order valence-electron chi connectivity index (χ0n) is 52.8. The van der Waals surface area contributed by atoms with Crippen molar-refractivity contribution in [3.05, 3.63) is 134 Å².